The zero-order chi connectivity index (χ0) is 14.8. The summed E-state index contributed by atoms with van der Waals surface area (Å²) in [7, 11) is 0. The van der Waals surface area contributed by atoms with Gasteiger partial charge in [-0.25, -0.2) is 4.98 Å². The van der Waals surface area contributed by atoms with Crippen LogP contribution < -0.4 is 15.4 Å². The van der Waals surface area contributed by atoms with Crippen LogP contribution in [-0.4, -0.2) is 17.5 Å². The number of rotatable bonds is 3. The number of halogens is 1. The second-order valence-electron chi connectivity index (χ2n) is 4.83. The van der Waals surface area contributed by atoms with Crippen LogP contribution in [-0.2, 0) is 4.79 Å². The van der Waals surface area contributed by atoms with Crippen molar-refractivity contribution in [1.82, 2.24) is 4.98 Å². The fourth-order valence-electron chi connectivity index (χ4n) is 2.20. The van der Waals surface area contributed by atoms with Crippen molar-refractivity contribution in [3.05, 3.63) is 47.2 Å². The van der Waals surface area contributed by atoms with Crippen LogP contribution in [0.3, 0.4) is 0 Å². The van der Waals surface area contributed by atoms with Crippen molar-refractivity contribution in [2.75, 3.05) is 17.2 Å². The predicted octanol–water partition coefficient (Wildman–Crippen LogP) is 3.24. The summed E-state index contributed by atoms with van der Waals surface area (Å²) in [5.41, 5.74) is 2.62. The van der Waals surface area contributed by atoms with Gasteiger partial charge in [-0.15, -0.1) is 0 Å². The van der Waals surface area contributed by atoms with Gasteiger partial charge in [-0.3, -0.25) is 4.79 Å². The van der Waals surface area contributed by atoms with Gasteiger partial charge < -0.3 is 15.4 Å². The molecule has 1 aromatic carbocycles. The molecule has 3 rings (SSSR count). The number of nitrogens with one attached hydrogen (secondary N) is 2. The lowest BCUT2D eigenvalue weighted by atomic mass is 10.1. The Bertz CT molecular complexity index is 690. The number of anilines is 2. The largest absolute Gasteiger partial charge is 0.482 e. The fourth-order valence-corrected chi connectivity index (χ4v) is 2.37. The SMILES string of the molecule is CC(Nc1ccnc(Cl)c1)c1ccc2c(c1)NC(=O)CO2. The minimum absolute atomic E-state index is 0.0487. The van der Waals surface area contributed by atoms with Crippen molar-refractivity contribution in [2.45, 2.75) is 13.0 Å². The summed E-state index contributed by atoms with van der Waals surface area (Å²) < 4.78 is 5.35. The molecule has 1 unspecified atom stereocenters. The van der Waals surface area contributed by atoms with Gasteiger partial charge in [-0.2, -0.15) is 0 Å². The lowest BCUT2D eigenvalue weighted by Gasteiger charge is -2.21. The number of ether oxygens (including phenoxy) is 1. The molecule has 2 N–H and O–H groups in total. The van der Waals surface area contributed by atoms with E-state index in [0.29, 0.717) is 16.6 Å². The topological polar surface area (TPSA) is 63.2 Å². The number of aromatic nitrogens is 1. The Balaban J connectivity index is 1.80. The normalized spacial score (nSPS) is 14.7. The maximum Gasteiger partial charge on any atom is 0.262 e. The van der Waals surface area contributed by atoms with Gasteiger partial charge in [0.15, 0.2) is 6.61 Å². The molecule has 1 aliphatic heterocycles. The van der Waals surface area contributed by atoms with E-state index < -0.39 is 0 Å². The Morgan fingerprint density at radius 1 is 1.38 bits per heavy atom. The molecule has 2 aromatic rings. The smallest absolute Gasteiger partial charge is 0.262 e. The first-order valence-electron chi connectivity index (χ1n) is 6.56. The van der Waals surface area contributed by atoms with Crippen LogP contribution in [0.15, 0.2) is 36.5 Å². The van der Waals surface area contributed by atoms with Gasteiger partial charge in [-0.05, 0) is 36.8 Å². The van der Waals surface area contributed by atoms with Crippen LogP contribution in [0.4, 0.5) is 11.4 Å². The number of benzene rings is 1. The number of fused-ring (bicyclic) bond motifs is 1. The quantitative estimate of drug-likeness (QED) is 0.855. The third-order valence-electron chi connectivity index (χ3n) is 3.25. The van der Waals surface area contributed by atoms with Gasteiger partial charge in [0.25, 0.3) is 5.91 Å². The Hall–Kier alpha value is -2.27. The van der Waals surface area contributed by atoms with Crippen molar-refractivity contribution in [1.29, 1.82) is 0 Å². The molecular weight excluding hydrogens is 290 g/mol. The van der Waals surface area contributed by atoms with Crippen LogP contribution in [0.25, 0.3) is 0 Å². The molecule has 21 heavy (non-hydrogen) atoms. The van der Waals surface area contributed by atoms with Gasteiger partial charge in [0, 0.05) is 17.9 Å². The molecular formula is C15H14ClN3O2. The Kier molecular flexibility index (Phi) is 3.66. The average molecular weight is 304 g/mol. The highest BCUT2D eigenvalue weighted by molar-refractivity contribution is 6.29. The van der Waals surface area contributed by atoms with Gasteiger partial charge in [0.05, 0.1) is 5.69 Å². The predicted molar refractivity (Wildman–Crippen MR) is 81.9 cm³/mol. The van der Waals surface area contributed by atoms with Crippen molar-refractivity contribution >= 4 is 28.9 Å². The van der Waals surface area contributed by atoms with E-state index in [2.05, 4.69) is 15.6 Å². The van der Waals surface area contributed by atoms with Gasteiger partial charge in [0.1, 0.15) is 10.9 Å². The van der Waals surface area contributed by atoms with Crippen molar-refractivity contribution in [2.24, 2.45) is 0 Å². The van der Waals surface area contributed by atoms with E-state index in [4.69, 9.17) is 16.3 Å². The van der Waals surface area contributed by atoms with Crippen molar-refractivity contribution in [3.8, 4) is 5.75 Å². The molecule has 0 spiro atoms. The number of carbonyl (C=O) groups excluding carboxylic acids is 1. The molecule has 2 heterocycles. The molecule has 0 aliphatic carbocycles. The van der Waals surface area contributed by atoms with Crippen molar-refractivity contribution in [3.63, 3.8) is 0 Å². The molecule has 1 atom stereocenters. The highest BCUT2D eigenvalue weighted by Crippen LogP contribution is 2.31. The van der Waals surface area contributed by atoms with E-state index >= 15 is 0 Å². The zero-order valence-corrected chi connectivity index (χ0v) is 12.1. The molecule has 0 radical (unpaired) electrons. The van der Waals surface area contributed by atoms with Crippen molar-refractivity contribution < 1.29 is 9.53 Å². The molecule has 1 amide bonds. The number of amides is 1. The number of pyridine rings is 1. The van der Waals surface area contributed by atoms with E-state index in [1.165, 1.54) is 0 Å². The highest BCUT2D eigenvalue weighted by Gasteiger charge is 2.17. The molecule has 0 saturated heterocycles. The second kappa shape index (κ2) is 5.61. The van der Waals surface area contributed by atoms with E-state index in [1.54, 1.807) is 12.3 Å². The van der Waals surface area contributed by atoms with Crippen LogP contribution in [0.2, 0.25) is 5.15 Å². The summed E-state index contributed by atoms with van der Waals surface area (Å²) >= 11 is 5.87. The van der Waals surface area contributed by atoms with Gasteiger partial charge >= 0.3 is 0 Å². The second-order valence-corrected chi connectivity index (χ2v) is 5.21. The Morgan fingerprint density at radius 3 is 3.05 bits per heavy atom. The van der Waals surface area contributed by atoms with E-state index in [-0.39, 0.29) is 18.6 Å². The molecule has 0 fully saturated rings. The first-order valence-corrected chi connectivity index (χ1v) is 6.94. The van der Waals surface area contributed by atoms with Crippen LogP contribution in [0, 0.1) is 0 Å². The first-order chi connectivity index (χ1) is 10.1. The molecule has 0 saturated carbocycles. The van der Waals surface area contributed by atoms with Gasteiger partial charge in [0.2, 0.25) is 0 Å². The lowest BCUT2D eigenvalue weighted by molar-refractivity contribution is -0.118. The summed E-state index contributed by atoms with van der Waals surface area (Å²) in [4.78, 5) is 15.3. The van der Waals surface area contributed by atoms with Crippen LogP contribution >= 0.6 is 11.6 Å². The summed E-state index contributed by atoms with van der Waals surface area (Å²) in [6, 6.07) is 9.41. The fraction of sp³-hybridized carbons (Fsp3) is 0.200. The summed E-state index contributed by atoms with van der Waals surface area (Å²) in [5.74, 6) is 0.554. The number of hydrogen-bond donors (Lipinski definition) is 2. The molecule has 1 aliphatic rings. The Labute approximate surface area is 127 Å². The maximum absolute atomic E-state index is 11.4. The summed E-state index contributed by atoms with van der Waals surface area (Å²) in [6.45, 7) is 2.09. The zero-order valence-electron chi connectivity index (χ0n) is 11.4. The van der Waals surface area contributed by atoms with E-state index in [1.807, 2.05) is 31.2 Å². The van der Waals surface area contributed by atoms with Crippen LogP contribution in [0.1, 0.15) is 18.5 Å². The molecule has 1 aromatic heterocycles. The monoisotopic (exact) mass is 303 g/mol. The minimum Gasteiger partial charge on any atom is -0.482 e. The molecule has 5 nitrogen and oxygen atoms in total. The maximum atomic E-state index is 11.4. The van der Waals surface area contributed by atoms with E-state index in [9.17, 15) is 4.79 Å². The van der Waals surface area contributed by atoms with E-state index in [0.717, 1.165) is 11.3 Å². The third kappa shape index (κ3) is 3.08. The third-order valence-corrected chi connectivity index (χ3v) is 3.45. The van der Waals surface area contributed by atoms with Crippen LogP contribution in [0.5, 0.6) is 5.75 Å². The number of hydrogen-bond acceptors (Lipinski definition) is 4. The highest BCUT2D eigenvalue weighted by atomic mass is 35.5. The summed E-state index contributed by atoms with van der Waals surface area (Å²) in [5, 5.41) is 6.59. The molecule has 108 valence electrons. The number of nitrogens with zero attached hydrogens (tertiary/aromatic N) is 1. The Morgan fingerprint density at radius 2 is 2.24 bits per heavy atom. The molecule has 6 heteroatoms. The minimum atomic E-state index is -0.138. The average Bonchev–Trinajstić information content (AvgIpc) is 2.46. The molecule has 0 bridgehead atoms. The first kappa shape index (κ1) is 13.7. The number of carbonyl (C=O) groups is 1. The van der Waals surface area contributed by atoms with Gasteiger partial charge in [-0.1, -0.05) is 17.7 Å². The summed E-state index contributed by atoms with van der Waals surface area (Å²) in [6.07, 6.45) is 1.65. The lowest BCUT2D eigenvalue weighted by Crippen LogP contribution is -2.25. The standard InChI is InChI=1S/C15H14ClN3O2/c1-9(18-11-4-5-17-14(16)7-11)10-2-3-13-12(6-10)19-15(20)8-21-13/h2-7,9H,8H2,1H3,(H,17,18)(H,19,20).